The standard InChI is InChI=1S/C62H122N10O8/c1-3-5-7-9-11-13-15-17-19-21-23-25-27-44-56(73)67-50-38-33-42-51(68-57(74)45-28-26-24-22-20-18-16-14-12-10-8-6-4-2)58(75)69-52(39-29-34-46-63)59(76)70-53(40-30-35-47-64)60(77)71-54(41-31-36-48-65)61(78)72-55(62(79)80)43-32-37-49-66/h51-55H,3-50,63-66H2,1-2H3,(H,67,73)(H,68,74)(H,69,75)(H,70,76)(H,71,77)(H,72,78)(H,79,80). The lowest BCUT2D eigenvalue weighted by molar-refractivity contribution is -0.142. The van der Waals surface area contributed by atoms with Gasteiger partial charge in [0.2, 0.25) is 35.4 Å². The highest BCUT2D eigenvalue weighted by molar-refractivity contribution is 5.96. The van der Waals surface area contributed by atoms with Crippen LogP contribution in [0.3, 0.4) is 0 Å². The Morgan fingerprint density at radius 2 is 0.550 bits per heavy atom. The van der Waals surface area contributed by atoms with E-state index in [0.29, 0.717) is 110 Å². The number of amides is 6. The van der Waals surface area contributed by atoms with Crippen LogP contribution in [-0.2, 0) is 33.6 Å². The maximum Gasteiger partial charge on any atom is 0.326 e. The lowest BCUT2D eigenvalue weighted by Gasteiger charge is -2.27. The molecule has 0 saturated heterocycles. The summed E-state index contributed by atoms with van der Waals surface area (Å²) in [6.07, 6.45) is 38.6. The van der Waals surface area contributed by atoms with Gasteiger partial charge in [-0.2, -0.15) is 0 Å². The van der Waals surface area contributed by atoms with Crippen molar-refractivity contribution in [3.8, 4) is 0 Å². The Morgan fingerprint density at radius 1 is 0.300 bits per heavy atom. The predicted octanol–water partition coefficient (Wildman–Crippen LogP) is 9.26. The van der Waals surface area contributed by atoms with Gasteiger partial charge in [0.1, 0.15) is 30.2 Å². The van der Waals surface area contributed by atoms with Crippen molar-refractivity contribution in [2.45, 2.75) is 320 Å². The van der Waals surface area contributed by atoms with Crippen molar-refractivity contribution >= 4 is 41.4 Å². The average Bonchev–Trinajstić information content (AvgIpc) is 3.45. The number of nitrogens with one attached hydrogen (secondary N) is 6. The molecule has 0 bridgehead atoms. The van der Waals surface area contributed by atoms with Crippen LogP contribution in [0.5, 0.6) is 0 Å². The van der Waals surface area contributed by atoms with E-state index in [9.17, 15) is 38.7 Å². The molecule has 0 heterocycles. The SMILES string of the molecule is CCCCCCCCCCCCCCCC(=O)NCCCCC(NC(=O)CCCCCCCCCCCCCCC)C(=O)NC(CCCCN)C(=O)NC(CCCCN)C(=O)NC(CCCCN)C(=O)NC(CCCCN)C(=O)O. The van der Waals surface area contributed by atoms with Crippen LogP contribution in [0.15, 0.2) is 0 Å². The Hall–Kier alpha value is -3.87. The van der Waals surface area contributed by atoms with Gasteiger partial charge >= 0.3 is 5.97 Å². The van der Waals surface area contributed by atoms with Gasteiger partial charge in [-0.05, 0) is 135 Å². The molecule has 5 atom stereocenters. The van der Waals surface area contributed by atoms with Crippen molar-refractivity contribution in [3.63, 3.8) is 0 Å². The molecule has 0 aliphatic carbocycles. The molecule has 0 radical (unpaired) electrons. The highest BCUT2D eigenvalue weighted by Gasteiger charge is 2.32. The van der Waals surface area contributed by atoms with Crippen molar-refractivity contribution in [2.75, 3.05) is 32.7 Å². The Morgan fingerprint density at radius 3 is 0.850 bits per heavy atom. The van der Waals surface area contributed by atoms with Gasteiger partial charge < -0.3 is 59.9 Å². The van der Waals surface area contributed by atoms with E-state index in [2.05, 4.69) is 45.7 Å². The summed E-state index contributed by atoms with van der Waals surface area (Å²) in [6, 6.07) is -5.45. The fourth-order valence-electron chi connectivity index (χ4n) is 10.1. The highest BCUT2D eigenvalue weighted by atomic mass is 16.4. The largest absolute Gasteiger partial charge is 0.480 e. The zero-order valence-electron chi connectivity index (χ0n) is 50.9. The van der Waals surface area contributed by atoms with E-state index >= 15 is 0 Å². The molecule has 15 N–H and O–H groups in total. The van der Waals surface area contributed by atoms with Crippen LogP contribution in [0.1, 0.15) is 290 Å². The number of hydrogen-bond donors (Lipinski definition) is 11. The summed E-state index contributed by atoms with van der Waals surface area (Å²) in [7, 11) is 0. The maximum absolute atomic E-state index is 14.3. The second kappa shape index (κ2) is 55.7. The molecule has 468 valence electrons. The van der Waals surface area contributed by atoms with Crippen LogP contribution in [-0.4, -0.2) is 109 Å². The molecule has 0 aromatic rings. The molecular formula is C62H122N10O8. The van der Waals surface area contributed by atoms with Crippen LogP contribution < -0.4 is 54.8 Å². The molecule has 18 nitrogen and oxygen atoms in total. The fraction of sp³-hybridized carbons (Fsp3) is 0.887. The number of carboxylic acids is 1. The fourth-order valence-corrected chi connectivity index (χ4v) is 10.1. The molecule has 0 spiro atoms. The topological polar surface area (TPSA) is 316 Å². The predicted molar refractivity (Wildman–Crippen MR) is 326 cm³/mol. The van der Waals surface area contributed by atoms with Crippen molar-refractivity contribution in [2.24, 2.45) is 22.9 Å². The number of nitrogens with two attached hydrogens (primary N) is 4. The first kappa shape index (κ1) is 76.1. The number of carbonyl (C=O) groups excluding carboxylic acids is 6. The quantitative estimate of drug-likeness (QED) is 0.0254. The Labute approximate surface area is 486 Å². The molecule has 0 saturated carbocycles. The first-order valence-electron chi connectivity index (χ1n) is 32.7. The molecule has 0 rings (SSSR count). The minimum absolute atomic E-state index is 0.0149. The second-order valence-corrected chi connectivity index (χ2v) is 22.7. The van der Waals surface area contributed by atoms with Crippen LogP contribution in [0.2, 0.25) is 0 Å². The van der Waals surface area contributed by atoms with Crippen LogP contribution in [0.4, 0.5) is 0 Å². The summed E-state index contributed by atoms with van der Waals surface area (Å²) in [6.45, 7) is 6.39. The minimum Gasteiger partial charge on any atom is -0.480 e. The summed E-state index contributed by atoms with van der Waals surface area (Å²) >= 11 is 0. The smallest absolute Gasteiger partial charge is 0.326 e. The van der Waals surface area contributed by atoms with Gasteiger partial charge in [-0.3, -0.25) is 28.8 Å². The number of hydrogen-bond acceptors (Lipinski definition) is 11. The first-order chi connectivity index (χ1) is 38.9. The normalized spacial score (nSPS) is 13.2. The van der Waals surface area contributed by atoms with Gasteiger partial charge in [0, 0.05) is 19.4 Å². The number of unbranched alkanes of at least 4 members (excludes halogenated alkanes) is 29. The number of aliphatic carboxylic acids is 1. The second-order valence-electron chi connectivity index (χ2n) is 22.7. The van der Waals surface area contributed by atoms with E-state index in [1.54, 1.807) is 0 Å². The van der Waals surface area contributed by atoms with Crippen molar-refractivity contribution < 1.29 is 38.7 Å². The van der Waals surface area contributed by atoms with Gasteiger partial charge in [-0.15, -0.1) is 0 Å². The lowest BCUT2D eigenvalue weighted by atomic mass is 10.0. The Kier molecular flexibility index (Phi) is 53.0. The van der Waals surface area contributed by atoms with Crippen molar-refractivity contribution in [1.29, 1.82) is 0 Å². The first-order valence-corrected chi connectivity index (χ1v) is 32.7. The molecule has 0 fully saturated rings. The third kappa shape index (κ3) is 44.7. The summed E-state index contributed by atoms with van der Waals surface area (Å²) in [5.74, 6) is -3.86. The molecule has 80 heavy (non-hydrogen) atoms. The molecule has 5 unspecified atom stereocenters. The van der Waals surface area contributed by atoms with Crippen LogP contribution in [0.25, 0.3) is 0 Å². The van der Waals surface area contributed by atoms with E-state index < -0.39 is 59.8 Å². The van der Waals surface area contributed by atoms with Gasteiger partial charge in [-0.25, -0.2) is 4.79 Å². The van der Waals surface area contributed by atoms with Crippen LogP contribution >= 0.6 is 0 Å². The Bertz CT molecular complexity index is 1560. The maximum atomic E-state index is 14.3. The van der Waals surface area contributed by atoms with Gasteiger partial charge in [0.05, 0.1) is 0 Å². The molecular weight excluding hydrogens is 1010 g/mol. The molecule has 0 aromatic carbocycles. The summed E-state index contributed by atoms with van der Waals surface area (Å²) < 4.78 is 0. The van der Waals surface area contributed by atoms with E-state index in [-0.39, 0.29) is 50.3 Å². The van der Waals surface area contributed by atoms with Crippen molar-refractivity contribution in [1.82, 2.24) is 31.9 Å². The van der Waals surface area contributed by atoms with Gasteiger partial charge in [0.15, 0.2) is 0 Å². The van der Waals surface area contributed by atoms with E-state index in [4.69, 9.17) is 22.9 Å². The summed E-state index contributed by atoms with van der Waals surface area (Å²) in [5, 5.41) is 27.0. The molecule has 6 amide bonds. The molecule has 18 heteroatoms. The van der Waals surface area contributed by atoms with Gasteiger partial charge in [0.25, 0.3) is 0 Å². The van der Waals surface area contributed by atoms with Gasteiger partial charge in [-0.1, -0.05) is 168 Å². The molecule has 0 aliphatic rings. The van der Waals surface area contributed by atoms with Crippen LogP contribution in [0, 0.1) is 0 Å². The Balaban J connectivity index is 5.90. The number of carboxylic acid groups (broad SMARTS) is 1. The molecule has 0 aromatic heterocycles. The third-order valence-corrected chi connectivity index (χ3v) is 15.2. The van der Waals surface area contributed by atoms with E-state index in [0.717, 1.165) is 38.5 Å². The summed E-state index contributed by atoms with van der Waals surface area (Å²) in [5.41, 5.74) is 23.0. The van der Waals surface area contributed by atoms with E-state index in [1.165, 1.54) is 122 Å². The highest BCUT2D eigenvalue weighted by Crippen LogP contribution is 2.16. The van der Waals surface area contributed by atoms with E-state index in [1.807, 2.05) is 0 Å². The summed E-state index contributed by atoms with van der Waals surface area (Å²) in [4.78, 5) is 94.6. The average molecular weight is 1140 g/mol. The zero-order chi connectivity index (χ0) is 59.1. The lowest BCUT2D eigenvalue weighted by Crippen LogP contribution is -2.58. The van der Waals surface area contributed by atoms with Crippen molar-refractivity contribution in [3.05, 3.63) is 0 Å². The number of carbonyl (C=O) groups is 7. The monoisotopic (exact) mass is 1130 g/mol. The minimum atomic E-state index is -1.20. The zero-order valence-corrected chi connectivity index (χ0v) is 50.9. The number of rotatable bonds is 59. The molecule has 0 aliphatic heterocycles. The third-order valence-electron chi connectivity index (χ3n) is 15.2.